The molecule has 142 valence electrons. The molecule has 2 fully saturated rings. The number of rotatable bonds is 4. The second kappa shape index (κ2) is 8.05. The molecule has 6 nitrogen and oxygen atoms in total. The summed E-state index contributed by atoms with van der Waals surface area (Å²) in [6.45, 7) is 4.31. The maximum absolute atomic E-state index is 12.6. The first-order chi connectivity index (χ1) is 13.2. The van der Waals surface area contributed by atoms with Crippen LogP contribution < -0.4 is 5.32 Å². The molecular formula is C21H26N4O2. The quantitative estimate of drug-likeness (QED) is 0.901. The highest BCUT2D eigenvalue weighted by Gasteiger charge is 2.37. The number of hydrogen-bond acceptors (Lipinski definition) is 5. The van der Waals surface area contributed by atoms with Crippen molar-refractivity contribution in [2.75, 3.05) is 25.0 Å². The Morgan fingerprint density at radius 1 is 1.11 bits per heavy atom. The van der Waals surface area contributed by atoms with Crippen molar-refractivity contribution in [3.63, 3.8) is 0 Å². The molecule has 1 aromatic carbocycles. The van der Waals surface area contributed by atoms with Gasteiger partial charge in [0.1, 0.15) is 0 Å². The topological polar surface area (TPSA) is 67.4 Å². The lowest BCUT2D eigenvalue weighted by atomic mass is 9.87. The number of ether oxygens (including phenoxy) is 1. The first-order valence-corrected chi connectivity index (χ1v) is 9.72. The fourth-order valence-corrected chi connectivity index (χ4v) is 4.06. The molecule has 0 radical (unpaired) electrons. The van der Waals surface area contributed by atoms with E-state index in [1.165, 1.54) is 0 Å². The highest BCUT2D eigenvalue weighted by Crippen LogP contribution is 2.31. The fraction of sp³-hybridized carbons (Fsp3) is 0.476. The van der Waals surface area contributed by atoms with Crippen molar-refractivity contribution in [1.29, 1.82) is 0 Å². The minimum Gasteiger partial charge on any atom is -0.376 e. The van der Waals surface area contributed by atoms with Gasteiger partial charge in [-0.25, -0.2) is 9.97 Å². The van der Waals surface area contributed by atoms with E-state index in [4.69, 9.17) is 4.74 Å². The average molecular weight is 366 g/mol. The summed E-state index contributed by atoms with van der Waals surface area (Å²) < 4.78 is 6.06. The largest absolute Gasteiger partial charge is 0.376 e. The van der Waals surface area contributed by atoms with Crippen molar-refractivity contribution in [3.05, 3.63) is 53.9 Å². The van der Waals surface area contributed by atoms with E-state index < -0.39 is 0 Å². The monoisotopic (exact) mass is 366 g/mol. The van der Waals surface area contributed by atoms with E-state index in [2.05, 4.69) is 15.3 Å². The molecule has 2 atom stereocenters. The minimum atomic E-state index is 0.129. The van der Waals surface area contributed by atoms with Crippen LogP contribution >= 0.6 is 0 Å². The SMILES string of the molecule is Cc1cnc(N[C@@H]2CCO[C@H]2C2CCN(C(=O)c3ccccc3)CC2)nc1. The average Bonchev–Trinajstić information content (AvgIpc) is 3.18. The lowest BCUT2D eigenvalue weighted by molar-refractivity contribution is 0.0260. The highest BCUT2D eigenvalue weighted by molar-refractivity contribution is 5.94. The molecule has 1 amide bonds. The summed E-state index contributed by atoms with van der Waals surface area (Å²) in [5, 5.41) is 3.45. The molecule has 3 heterocycles. The van der Waals surface area contributed by atoms with E-state index in [1.807, 2.05) is 54.5 Å². The number of piperidine rings is 1. The number of amides is 1. The molecule has 0 aliphatic carbocycles. The highest BCUT2D eigenvalue weighted by atomic mass is 16.5. The van der Waals surface area contributed by atoms with Crippen molar-refractivity contribution in [2.24, 2.45) is 5.92 Å². The van der Waals surface area contributed by atoms with Crippen molar-refractivity contribution in [2.45, 2.75) is 38.3 Å². The van der Waals surface area contributed by atoms with E-state index in [0.29, 0.717) is 11.9 Å². The van der Waals surface area contributed by atoms with Gasteiger partial charge < -0.3 is 15.0 Å². The number of aromatic nitrogens is 2. The normalized spacial score (nSPS) is 23.4. The molecule has 4 rings (SSSR count). The molecule has 0 unspecified atom stereocenters. The van der Waals surface area contributed by atoms with Gasteiger partial charge in [-0.15, -0.1) is 0 Å². The zero-order valence-corrected chi connectivity index (χ0v) is 15.7. The van der Waals surface area contributed by atoms with Gasteiger partial charge in [-0.05, 0) is 49.8 Å². The number of nitrogens with zero attached hydrogens (tertiary/aromatic N) is 3. The van der Waals surface area contributed by atoms with Crippen LogP contribution in [0, 0.1) is 12.8 Å². The van der Waals surface area contributed by atoms with Crippen LogP contribution in [0.5, 0.6) is 0 Å². The van der Waals surface area contributed by atoms with Crippen molar-refractivity contribution in [1.82, 2.24) is 14.9 Å². The number of aryl methyl sites for hydroxylation is 1. The third kappa shape index (κ3) is 4.11. The van der Waals surface area contributed by atoms with Crippen molar-refractivity contribution < 1.29 is 9.53 Å². The zero-order chi connectivity index (χ0) is 18.6. The van der Waals surface area contributed by atoms with E-state index >= 15 is 0 Å². The lowest BCUT2D eigenvalue weighted by Gasteiger charge is -2.36. The fourth-order valence-electron chi connectivity index (χ4n) is 4.06. The van der Waals surface area contributed by atoms with Gasteiger partial charge in [0.25, 0.3) is 5.91 Å². The van der Waals surface area contributed by atoms with Gasteiger partial charge in [0, 0.05) is 37.7 Å². The molecule has 2 saturated heterocycles. The maximum atomic E-state index is 12.6. The van der Waals surface area contributed by atoms with Gasteiger partial charge in [-0.1, -0.05) is 18.2 Å². The molecule has 1 N–H and O–H groups in total. The summed E-state index contributed by atoms with van der Waals surface area (Å²) in [7, 11) is 0. The van der Waals surface area contributed by atoms with E-state index in [1.54, 1.807) is 0 Å². The van der Waals surface area contributed by atoms with E-state index in [0.717, 1.165) is 50.1 Å². The van der Waals surface area contributed by atoms with Crippen LogP contribution in [-0.2, 0) is 4.74 Å². The predicted molar refractivity (Wildman–Crippen MR) is 104 cm³/mol. The Hall–Kier alpha value is -2.47. The summed E-state index contributed by atoms with van der Waals surface area (Å²) in [4.78, 5) is 23.3. The van der Waals surface area contributed by atoms with Crippen molar-refractivity contribution >= 4 is 11.9 Å². The van der Waals surface area contributed by atoms with Gasteiger partial charge in [0.2, 0.25) is 5.95 Å². The molecule has 6 heteroatoms. The second-order valence-electron chi connectivity index (χ2n) is 7.45. The van der Waals surface area contributed by atoms with Crippen LogP contribution in [0.3, 0.4) is 0 Å². The molecule has 2 aromatic rings. The first-order valence-electron chi connectivity index (χ1n) is 9.72. The van der Waals surface area contributed by atoms with Gasteiger partial charge in [-0.3, -0.25) is 4.79 Å². The zero-order valence-electron chi connectivity index (χ0n) is 15.7. The molecule has 2 aliphatic rings. The van der Waals surface area contributed by atoms with Crippen LogP contribution in [0.1, 0.15) is 35.2 Å². The third-order valence-corrected chi connectivity index (χ3v) is 5.54. The van der Waals surface area contributed by atoms with Crippen molar-refractivity contribution in [3.8, 4) is 0 Å². The molecule has 27 heavy (non-hydrogen) atoms. The predicted octanol–water partition coefficient (Wildman–Crippen LogP) is 2.91. The second-order valence-corrected chi connectivity index (χ2v) is 7.45. The molecule has 0 bridgehead atoms. The van der Waals surface area contributed by atoms with Crippen LogP contribution in [0.15, 0.2) is 42.7 Å². The Balaban J connectivity index is 1.34. The van der Waals surface area contributed by atoms with Gasteiger partial charge in [-0.2, -0.15) is 0 Å². The minimum absolute atomic E-state index is 0.129. The van der Waals surface area contributed by atoms with Gasteiger partial charge in [0.05, 0.1) is 12.1 Å². The lowest BCUT2D eigenvalue weighted by Crippen LogP contribution is -2.44. The van der Waals surface area contributed by atoms with Gasteiger partial charge in [0.15, 0.2) is 0 Å². The van der Waals surface area contributed by atoms with E-state index in [9.17, 15) is 4.79 Å². The third-order valence-electron chi connectivity index (χ3n) is 5.54. The van der Waals surface area contributed by atoms with E-state index in [-0.39, 0.29) is 18.1 Å². The molecule has 0 saturated carbocycles. The van der Waals surface area contributed by atoms with Crippen LogP contribution in [0.2, 0.25) is 0 Å². The Bertz CT molecular complexity index is 758. The van der Waals surface area contributed by atoms with Crippen LogP contribution in [0.25, 0.3) is 0 Å². The Morgan fingerprint density at radius 2 is 1.81 bits per heavy atom. The number of benzene rings is 1. The molecular weight excluding hydrogens is 340 g/mol. The summed E-state index contributed by atoms with van der Waals surface area (Å²) in [5.41, 5.74) is 1.82. The molecule has 2 aliphatic heterocycles. The molecule has 1 aromatic heterocycles. The number of carbonyl (C=O) groups excluding carboxylic acids is 1. The standard InChI is InChI=1S/C21H26N4O2/c1-15-13-22-21(23-14-15)24-18-9-12-27-19(18)16-7-10-25(11-8-16)20(26)17-5-3-2-4-6-17/h2-6,13-14,16,18-19H,7-12H2,1H3,(H,22,23,24)/t18-,19+/m1/s1. The number of nitrogens with one attached hydrogen (secondary N) is 1. The maximum Gasteiger partial charge on any atom is 0.253 e. The number of hydrogen-bond donors (Lipinski definition) is 1. The number of carbonyl (C=O) groups is 1. The Labute approximate surface area is 160 Å². The smallest absolute Gasteiger partial charge is 0.253 e. The summed E-state index contributed by atoms with van der Waals surface area (Å²) in [6, 6.07) is 9.76. The Kier molecular flexibility index (Phi) is 5.34. The summed E-state index contributed by atoms with van der Waals surface area (Å²) in [5.74, 6) is 1.25. The molecule has 0 spiro atoms. The van der Waals surface area contributed by atoms with Gasteiger partial charge >= 0.3 is 0 Å². The summed E-state index contributed by atoms with van der Waals surface area (Å²) >= 11 is 0. The van der Waals surface area contributed by atoms with Crippen LogP contribution in [-0.4, -0.2) is 52.6 Å². The van der Waals surface area contributed by atoms with Crippen LogP contribution in [0.4, 0.5) is 5.95 Å². The Morgan fingerprint density at radius 3 is 2.52 bits per heavy atom. The number of likely N-dealkylation sites (tertiary alicyclic amines) is 1. The first kappa shape index (κ1) is 17.9. The number of anilines is 1. The summed E-state index contributed by atoms with van der Waals surface area (Å²) in [6.07, 6.45) is 6.71.